The van der Waals surface area contributed by atoms with Crippen LogP contribution < -0.4 is 0 Å². The fourth-order valence-electron chi connectivity index (χ4n) is 3.79. The number of carbonyl (C=O) groups is 4. The number of carbonyl (C=O) groups excluding carboxylic acids is 4. The number of hydrogen-bond donors (Lipinski definition) is 0. The Morgan fingerprint density at radius 3 is 2.07 bits per heavy atom. The lowest BCUT2D eigenvalue weighted by Crippen LogP contribution is -2.43. The molecule has 1 saturated heterocycles. The van der Waals surface area contributed by atoms with Gasteiger partial charge in [0, 0.05) is 18.7 Å². The summed E-state index contributed by atoms with van der Waals surface area (Å²) in [7, 11) is 0. The first-order chi connectivity index (χ1) is 14.5. The van der Waals surface area contributed by atoms with E-state index in [1.54, 1.807) is 48.5 Å². The van der Waals surface area contributed by atoms with E-state index in [-0.39, 0.29) is 12.5 Å². The van der Waals surface area contributed by atoms with Crippen LogP contribution in [0.1, 0.15) is 56.4 Å². The van der Waals surface area contributed by atoms with Gasteiger partial charge in [-0.25, -0.2) is 4.79 Å². The van der Waals surface area contributed by atoms with Crippen molar-refractivity contribution in [1.82, 2.24) is 9.80 Å². The van der Waals surface area contributed by atoms with Crippen LogP contribution in [0.2, 0.25) is 0 Å². The Morgan fingerprint density at radius 1 is 0.933 bits per heavy atom. The van der Waals surface area contributed by atoms with E-state index in [0.717, 1.165) is 36.4 Å². The van der Waals surface area contributed by atoms with E-state index in [9.17, 15) is 19.2 Å². The molecule has 30 heavy (non-hydrogen) atoms. The van der Waals surface area contributed by atoms with Crippen LogP contribution in [0.4, 0.5) is 0 Å². The zero-order valence-corrected chi connectivity index (χ0v) is 16.7. The minimum absolute atomic E-state index is 0.00940. The Labute approximate surface area is 174 Å². The van der Waals surface area contributed by atoms with Gasteiger partial charge in [-0.3, -0.25) is 19.3 Å². The van der Waals surface area contributed by atoms with Crippen LogP contribution in [0.3, 0.4) is 0 Å². The highest BCUT2D eigenvalue weighted by molar-refractivity contribution is 6.22. The topological polar surface area (TPSA) is 84.0 Å². The number of amides is 3. The fourth-order valence-corrected chi connectivity index (χ4v) is 3.79. The van der Waals surface area contributed by atoms with Gasteiger partial charge in [-0.2, -0.15) is 0 Å². The average molecular weight is 406 g/mol. The summed E-state index contributed by atoms with van der Waals surface area (Å²) in [5.74, 6) is -1.65. The lowest BCUT2D eigenvalue weighted by atomic mass is 10.1. The van der Waals surface area contributed by atoms with Crippen LogP contribution in [0.5, 0.6) is 0 Å². The van der Waals surface area contributed by atoms with Gasteiger partial charge in [0.2, 0.25) is 0 Å². The SMILES string of the molecule is CC(C(=O)OCc1ccc(C(=O)N2CCCC2)cc1)N1C(=O)c2ccccc2C1=O. The molecule has 0 aromatic heterocycles. The normalized spacial score (nSPS) is 16.6. The molecule has 0 radical (unpaired) electrons. The van der Waals surface area contributed by atoms with Gasteiger partial charge in [0.05, 0.1) is 11.1 Å². The van der Waals surface area contributed by atoms with Crippen molar-refractivity contribution in [3.8, 4) is 0 Å². The van der Waals surface area contributed by atoms with Gasteiger partial charge in [0.25, 0.3) is 17.7 Å². The second-order valence-electron chi connectivity index (χ2n) is 7.51. The molecule has 0 aliphatic carbocycles. The van der Waals surface area contributed by atoms with E-state index < -0.39 is 23.8 Å². The van der Waals surface area contributed by atoms with Crippen LogP contribution in [0, 0.1) is 0 Å². The number of esters is 1. The van der Waals surface area contributed by atoms with Gasteiger partial charge >= 0.3 is 5.97 Å². The monoisotopic (exact) mass is 406 g/mol. The summed E-state index contributed by atoms with van der Waals surface area (Å²) in [4.78, 5) is 52.6. The highest BCUT2D eigenvalue weighted by Crippen LogP contribution is 2.25. The molecule has 4 rings (SSSR count). The third-order valence-electron chi connectivity index (χ3n) is 5.53. The lowest BCUT2D eigenvalue weighted by Gasteiger charge is -2.21. The summed E-state index contributed by atoms with van der Waals surface area (Å²) in [6.07, 6.45) is 2.07. The summed E-state index contributed by atoms with van der Waals surface area (Å²) in [6.45, 7) is 3.04. The summed E-state index contributed by atoms with van der Waals surface area (Å²) in [6, 6.07) is 12.4. The van der Waals surface area contributed by atoms with Crippen LogP contribution in [0.25, 0.3) is 0 Å². The number of fused-ring (bicyclic) bond motifs is 1. The predicted octanol–water partition coefficient (Wildman–Crippen LogP) is 2.65. The zero-order chi connectivity index (χ0) is 21.3. The molecule has 2 heterocycles. The number of imide groups is 1. The summed E-state index contributed by atoms with van der Waals surface area (Å²) < 4.78 is 5.32. The van der Waals surface area contributed by atoms with Crippen molar-refractivity contribution in [1.29, 1.82) is 0 Å². The maximum absolute atomic E-state index is 12.5. The fraction of sp³-hybridized carbons (Fsp3) is 0.304. The first-order valence-electron chi connectivity index (χ1n) is 9.99. The summed E-state index contributed by atoms with van der Waals surface area (Å²) >= 11 is 0. The number of hydrogen-bond acceptors (Lipinski definition) is 5. The van der Waals surface area contributed by atoms with Crippen molar-refractivity contribution in [2.75, 3.05) is 13.1 Å². The molecule has 0 bridgehead atoms. The van der Waals surface area contributed by atoms with Gasteiger partial charge in [-0.1, -0.05) is 24.3 Å². The minimum Gasteiger partial charge on any atom is -0.459 e. The van der Waals surface area contributed by atoms with Gasteiger partial charge in [-0.05, 0) is 49.6 Å². The van der Waals surface area contributed by atoms with Gasteiger partial charge in [0.1, 0.15) is 12.6 Å². The molecule has 1 atom stereocenters. The van der Waals surface area contributed by atoms with Crippen LogP contribution in [-0.2, 0) is 16.1 Å². The molecule has 0 spiro atoms. The van der Waals surface area contributed by atoms with Gasteiger partial charge < -0.3 is 9.64 Å². The largest absolute Gasteiger partial charge is 0.459 e. The minimum atomic E-state index is -1.03. The highest BCUT2D eigenvalue weighted by atomic mass is 16.5. The molecule has 0 N–H and O–H groups in total. The third-order valence-corrected chi connectivity index (χ3v) is 5.53. The van der Waals surface area contributed by atoms with Gasteiger partial charge in [-0.15, -0.1) is 0 Å². The van der Waals surface area contributed by atoms with E-state index in [1.807, 2.05) is 4.90 Å². The van der Waals surface area contributed by atoms with E-state index in [2.05, 4.69) is 0 Å². The lowest BCUT2D eigenvalue weighted by molar-refractivity contribution is -0.149. The molecular weight excluding hydrogens is 384 g/mol. The summed E-state index contributed by atoms with van der Waals surface area (Å²) in [5, 5.41) is 0. The van der Waals surface area contributed by atoms with Crippen molar-refractivity contribution < 1.29 is 23.9 Å². The van der Waals surface area contributed by atoms with Gasteiger partial charge in [0.15, 0.2) is 0 Å². The van der Waals surface area contributed by atoms with Crippen LogP contribution in [-0.4, -0.2) is 52.6 Å². The molecule has 2 aromatic carbocycles. The van der Waals surface area contributed by atoms with Crippen molar-refractivity contribution in [3.63, 3.8) is 0 Å². The number of ether oxygens (including phenoxy) is 1. The molecular formula is C23H22N2O5. The van der Waals surface area contributed by atoms with E-state index >= 15 is 0 Å². The Hall–Kier alpha value is -3.48. The Morgan fingerprint density at radius 2 is 1.50 bits per heavy atom. The van der Waals surface area contributed by atoms with E-state index in [0.29, 0.717) is 16.7 Å². The molecule has 3 amide bonds. The first kappa shape index (κ1) is 19.8. The van der Waals surface area contributed by atoms with Crippen molar-refractivity contribution in [3.05, 3.63) is 70.8 Å². The molecule has 1 unspecified atom stereocenters. The Balaban J connectivity index is 1.36. The molecule has 0 saturated carbocycles. The van der Waals surface area contributed by atoms with Crippen LogP contribution in [0.15, 0.2) is 48.5 Å². The number of benzene rings is 2. The standard InChI is InChI=1S/C23H22N2O5/c1-15(25-21(27)18-6-2-3-7-19(18)22(25)28)23(29)30-14-16-8-10-17(11-9-16)20(26)24-12-4-5-13-24/h2-3,6-11,15H,4-5,12-14H2,1H3. The second kappa shape index (κ2) is 8.10. The maximum atomic E-state index is 12.5. The zero-order valence-electron chi connectivity index (χ0n) is 16.7. The molecule has 7 nitrogen and oxygen atoms in total. The van der Waals surface area contributed by atoms with Crippen molar-refractivity contribution in [2.45, 2.75) is 32.4 Å². The second-order valence-corrected chi connectivity index (χ2v) is 7.51. The van der Waals surface area contributed by atoms with E-state index in [1.165, 1.54) is 6.92 Å². The number of rotatable bonds is 5. The average Bonchev–Trinajstić information content (AvgIpc) is 3.39. The Kier molecular flexibility index (Phi) is 5.35. The molecule has 7 heteroatoms. The molecule has 2 aliphatic heterocycles. The van der Waals surface area contributed by atoms with Crippen molar-refractivity contribution >= 4 is 23.7 Å². The Bertz CT molecular complexity index is 974. The molecule has 154 valence electrons. The number of nitrogens with zero attached hydrogens (tertiary/aromatic N) is 2. The molecule has 1 fully saturated rings. The maximum Gasteiger partial charge on any atom is 0.329 e. The predicted molar refractivity (Wildman–Crippen MR) is 108 cm³/mol. The highest BCUT2D eigenvalue weighted by Gasteiger charge is 2.41. The smallest absolute Gasteiger partial charge is 0.329 e. The van der Waals surface area contributed by atoms with E-state index in [4.69, 9.17) is 4.74 Å². The summed E-state index contributed by atoms with van der Waals surface area (Å²) in [5.41, 5.74) is 1.91. The first-order valence-corrected chi connectivity index (χ1v) is 9.99. The molecule has 2 aliphatic rings. The quantitative estimate of drug-likeness (QED) is 0.563. The van der Waals surface area contributed by atoms with Crippen molar-refractivity contribution in [2.24, 2.45) is 0 Å². The third kappa shape index (κ3) is 3.58. The van der Waals surface area contributed by atoms with Crippen LogP contribution >= 0.6 is 0 Å². The number of likely N-dealkylation sites (tertiary alicyclic amines) is 1. The molecule has 2 aromatic rings.